The van der Waals surface area contributed by atoms with Gasteiger partial charge >= 0.3 is 0 Å². The van der Waals surface area contributed by atoms with Crippen LogP contribution in [-0.2, 0) is 11.3 Å². The minimum atomic E-state index is -0.706. The Morgan fingerprint density at radius 1 is 1.30 bits per heavy atom. The molecule has 1 N–H and O–H groups in total. The van der Waals surface area contributed by atoms with Crippen molar-refractivity contribution in [2.45, 2.75) is 19.6 Å². The summed E-state index contributed by atoms with van der Waals surface area (Å²) in [5.74, 6) is 0.774. The zero-order chi connectivity index (χ0) is 19.2. The first kappa shape index (κ1) is 18.7. The Hall–Kier alpha value is -3.06. The number of amides is 1. The second-order valence-corrected chi connectivity index (χ2v) is 6.20. The van der Waals surface area contributed by atoms with Crippen molar-refractivity contribution in [1.29, 1.82) is 0 Å². The molecule has 0 saturated carbocycles. The zero-order valence-corrected chi connectivity index (χ0v) is 15.3. The fourth-order valence-electron chi connectivity index (χ4n) is 2.39. The summed E-state index contributed by atoms with van der Waals surface area (Å²) < 4.78 is 12.1. The van der Waals surface area contributed by atoms with Crippen LogP contribution in [0.1, 0.15) is 6.92 Å². The molecule has 0 aliphatic heterocycles. The minimum absolute atomic E-state index is 0.225. The molecular weight excluding hydrogens is 370 g/mol. The van der Waals surface area contributed by atoms with Crippen molar-refractivity contribution in [2.24, 2.45) is 0 Å². The average molecular weight is 388 g/mol. The molecule has 8 heteroatoms. The van der Waals surface area contributed by atoms with Gasteiger partial charge in [0.2, 0.25) is 0 Å². The number of carbonyl (C=O) groups is 1. The fourth-order valence-corrected chi connectivity index (χ4v) is 2.57. The number of benzene rings is 1. The van der Waals surface area contributed by atoms with E-state index in [0.29, 0.717) is 22.2 Å². The third kappa shape index (κ3) is 4.98. The molecule has 0 fully saturated rings. The SMILES string of the molecule is CC(Oc1cccc(Cl)c1)C(=O)NCCn1nc(-c2ccco2)ccc1=O. The Labute approximate surface area is 160 Å². The Bertz CT molecular complexity index is 969. The number of hydrogen-bond acceptors (Lipinski definition) is 5. The second-order valence-electron chi connectivity index (χ2n) is 5.77. The molecule has 1 unspecified atom stereocenters. The van der Waals surface area contributed by atoms with Gasteiger partial charge in [0.1, 0.15) is 11.4 Å². The fraction of sp³-hybridized carbons (Fsp3) is 0.211. The van der Waals surface area contributed by atoms with Gasteiger partial charge in [0.25, 0.3) is 11.5 Å². The summed E-state index contributed by atoms with van der Waals surface area (Å²) in [6.07, 6.45) is 0.830. The summed E-state index contributed by atoms with van der Waals surface area (Å²) in [7, 11) is 0. The van der Waals surface area contributed by atoms with E-state index >= 15 is 0 Å². The van der Waals surface area contributed by atoms with Crippen LogP contribution in [0.5, 0.6) is 5.75 Å². The molecule has 140 valence electrons. The van der Waals surface area contributed by atoms with Crippen LogP contribution in [0.3, 0.4) is 0 Å². The maximum atomic E-state index is 12.2. The molecule has 2 aromatic heterocycles. The van der Waals surface area contributed by atoms with Crippen molar-refractivity contribution >= 4 is 17.5 Å². The van der Waals surface area contributed by atoms with Crippen LogP contribution in [-0.4, -0.2) is 28.3 Å². The summed E-state index contributed by atoms with van der Waals surface area (Å²) in [6.45, 7) is 2.10. The molecule has 1 atom stereocenters. The number of furan rings is 1. The number of aromatic nitrogens is 2. The van der Waals surface area contributed by atoms with Crippen molar-refractivity contribution in [3.05, 3.63) is 70.2 Å². The van der Waals surface area contributed by atoms with Crippen molar-refractivity contribution in [2.75, 3.05) is 6.54 Å². The summed E-state index contributed by atoms with van der Waals surface area (Å²) in [4.78, 5) is 24.1. The lowest BCUT2D eigenvalue weighted by Crippen LogP contribution is -2.39. The first-order chi connectivity index (χ1) is 13.0. The van der Waals surface area contributed by atoms with Crippen LogP contribution in [0.2, 0.25) is 5.02 Å². The van der Waals surface area contributed by atoms with Crippen LogP contribution < -0.4 is 15.6 Å². The molecule has 7 nitrogen and oxygen atoms in total. The monoisotopic (exact) mass is 387 g/mol. The highest BCUT2D eigenvalue weighted by Gasteiger charge is 2.14. The topological polar surface area (TPSA) is 86.4 Å². The van der Waals surface area contributed by atoms with Crippen LogP contribution in [0.4, 0.5) is 0 Å². The van der Waals surface area contributed by atoms with Crippen molar-refractivity contribution in [3.63, 3.8) is 0 Å². The predicted molar refractivity (Wildman–Crippen MR) is 101 cm³/mol. The van der Waals surface area contributed by atoms with Gasteiger partial charge < -0.3 is 14.5 Å². The third-order valence-corrected chi connectivity index (χ3v) is 3.98. The minimum Gasteiger partial charge on any atom is -0.481 e. The van der Waals surface area contributed by atoms with E-state index in [-0.39, 0.29) is 24.6 Å². The largest absolute Gasteiger partial charge is 0.481 e. The highest BCUT2D eigenvalue weighted by Crippen LogP contribution is 2.18. The van der Waals surface area contributed by atoms with E-state index in [1.165, 1.54) is 17.0 Å². The summed E-state index contributed by atoms with van der Waals surface area (Å²) in [5, 5.41) is 7.50. The van der Waals surface area contributed by atoms with E-state index in [2.05, 4.69) is 10.4 Å². The lowest BCUT2D eigenvalue weighted by molar-refractivity contribution is -0.127. The van der Waals surface area contributed by atoms with Crippen molar-refractivity contribution in [1.82, 2.24) is 15.1 Å². The molecule has 0 aliphatic rings. The van der Waals surface area contributed by atoms with E-state index in [4.69, 9.17) is 20.8 Å². The summed E-state index contributed by atoms with van der Waals surface area (Å²) in [5.41, 5.74) is 0.284. The lowest BCUT2D eigenvalue weighted by atomic mass is 10.3. The van der Waals surface area contributed by atoms with E-state index in [1.54, 1.807) is 49.4 Å². The van der Waals surface area contributed by atoms with Crippen LogP contribution in [0, 0.1) is 0 Å². The smallest absolute Gasteiger partial charge is 0.266 e. The van der Waals surface area contributed by atoms with Gasteiger partial charge in [-0.25, -0.2) is 4.68 Å². The van der Waals surface area contributed by atoms with Gasteiger partial charge in [0, 0.05) is 17.6 Å². The Morgan fingerprint density at radius 2 is 2.15 bits per heavy atom. The van der Waals surface area contributed by atoms with Gasteiger partial charge in [-0.1, -0.05) is 17.7 Å². The standard InChI is InChI=1S/C19H18ClN3O4/c1-13(27-15-5-2-4-14(20)12-15)19(25)21-9-10-23-18(24)8-7-16(22-23)17-6-3-11-26-17/h2-8,11-13H,9-10H2,1H3,(H,21,25). The van der Waals surface area contributed by atoms with Crippen LogP contribution in [0.25, 0.3) is 11.5 Å². The van der Waals surface area contributed by atoms with Crippen molar-refractivity contribution < 1.29 is 13.9 Å². The maximum absolute atomic E-state index is 12.2. The van der Waals surface area contributed by atoms with E-state index in [9.17, 15) is 9.59 Å². The maximum Gasteiger partial charge on any atom is 0.266 e. The third-order valence-electron chi connectivity index (χ3n) is 3.74. The number of hydrogen-bond donors (Lipinski definition) is 1. The van der Waals surface area contributed by atoms with Gasteiger partial charge in [0.05, 0.1) is 12.8 Å². The second kappa shape index (κ2) is 8.55. The number of rotatable bonds is 7. The highest BCUT2D eigenvalue weighted by atomic mass is 35.5. The lowest BCUT2D eigenvalue weighted by Gasteiger charge is -2.15. The highest BCUT2D eigenvalue weighted by molar-refractivity contribution is 6.30. The molecule has 0 saturated heterocycles. The quantitative estimate of drug-likeness (QED) is 0.673. The number of nitrogens with one attached hydrogen (secondary N) is 1. The molecule has 1 amide bonds. The molecule has 0 radical (unpaired) electrons. The van der Waals surface area contributed by atoms with Crippen LogP contribution in [0.15, 0.2) is 64.0 Å². The molecule has 0 aliphatic carbocycles. The number of nitrogens with zero attached hydrogens (tertiary/aromatic N) is 2. The molecule has 0 bridgehead atoms. The van der Waals surface area contributed by atoms with Crippen molar-refractivity contribution in [3.8, 4) is 17.2 Å². The molecule has 1 aromatic carbocycles. The Morgan fingerprint density at radius 3 is 2.89 bits per heavy atom. The van der Waals surface area contributed by atoms with E-state index < -0.39 is 6.10 Å². The molecular formula is C19H18ClN3O4. The summed E-state index contributed by atoms with van der Waals surface area (Å²) in [6, 6.07) is 13.3. The number of halogens is 1. The molecule has 0 spiro atoms. The Kier molecular flexibility index (Phi) is 5.93. The molecule has 27 heavy (non-hydrogen) atoms. The first-order valence-corrected chi connectivity index (χ1v) is 8.73. The zero-order valence-electron chi connectivity index (χ0n) is 14.6. The molecule has 3 aromatic rings. The predicted octanol–water partition coefficient (Wildman–Crippen LogP) is 2.74. The van der Waals surface area contributed by atoms with E-state index in [0.717, 1.165) is 0 Å². The molecule has 3 rings (SSSR count). The van der Waals surface area contributed by atoms with Gasteiger partial charge in [-0.2, -0.15) is 5.10 Å². The van der Waals surface area contributed by atoms with Gasteiger partial charge in [-0.05, 0) is 43.3 Å². The number of ether oxygens (including phenoxy) is 1. The van der Waals surface area contributed by atoms with E-state index in [1.807, 2.05) is 0 Å². The van der Waals surface area contributed by atoms with Gasteiger partial charge in [0.15, 0.2) is 11.9 Å². The average Bonchev–Trinajstić information content (AvgIpc) is 3.18. The number of carbonyl (C=O) groups excluding carboxylic acids is 1. The first-order valence-electron chi connectivity index (χ1n) is 8.35. The Balaban J connectivity index is 1.55. The molecule has 2 heterocycles. The van der Waals surface area contributed by atoms with Crippen LogP contribution >= 0.6 is 11.6 Å². The summed E-state index contributed by atoms with van der Waals surface area (Å²) >= 11 is 5.90. The van der Waals surface area contributed by atoms with Gasteiger partial charge in [-0.15, -0.1) is 0 Å². The van der Waals surface area contributed by atoms with Gasteiger partial charge in [-0.3, -0.25) is 9.59 Å². The normalized spacial score (nSPS) is 11.8.